The van der Waals surface area contributed by atoms with Gasteiger partial charge in [-0.25, -0.2) is 8.78 Å². The van der Waals surface area contributed by atoms with Crippen LogP contribution in [0.15, 0.2) is 42.7 Å². The minimum atomic E-state index is -0.689. The van der Waals surface area contributed by atoms with Crippen molar-refractivity contribution in [2.45, 2.75) is 12.5 Å². The van der Waals surface area contributed by atoms with Gasteiger partial charge in [0.2, 0.25) is 5.91 Å². The van der Waals surface area contributed by atoms with E-state index in [2.05, 4.69) is 10.3 Å². The number of pyridine rings is 1. The highest BCUT2D eigenvalue weighted by Crippen LogP contribution is 2.23. The van der Waals surface area contributed by atoms with E-state index in [1.807, 2.05) is 12.1 Å². The van der Waals surface area contributed by atoms with Crippen molar-refractivity contribution in [3.8, 4) is 0 Å². The lowest BCUT2D eigenvalue weighted by Gasteiger charge is -2.36. The van der Waals surface area contributed by atoms with E-state index in [1.54, 1.807) is 17.3 Å². The summed E-state index contributed by atoms with van der Waals surface area (Å²) in [6.07, 6.45) is 3.09. The predicted octanol–water partition coefficient (Wildman–Crippen LogP) is 2.50. The average molecular weight is 354 g/mol. The summed E-state index contributed by atoms with van der Waals surface area (Å²) in [4.78, 5) is 18.3. The fourth-order valence-electron chi connectivity index (χ4n) is 2.83. The molecule has 0 aliphatic carbocycles. The second-order valence-electron chi connectivity index (χ2n) is 5.47. The Morgan fingerprint density at radius 2 is 2.00 bits per heavy atom. The molecule has 0 radical (unpaired) electrons. The van der Waals surface area contributed by atoms with E-state index in [-0.39, 0.29) is 36.3 Å². The molecular formula is C17H18ClF2N3O. The molecule has 1 aliphatic rings. The third-order valence-corrected chi connectivity index (χ3v) is 4.02. The summed E-state index contributed by atoms with van der Waals surface area (Å²) >= 11 is 0. The standard InChI is InChI=1S/C17H17F2N3O.ClH/c18-14-4-1-5-15(19)13(14)9-17(23)22-8-7-21-11-16(22)12-3-2-6-20-10-12;/h1-6,10,16,21H,7-9,11H2;1H. The summed E-state index contributed by atoms with van der Waals surface area (Å²) in [5.41, 5.74) is 0.725. The molecule has 0 saturated carbocycles. The molecule has 1 N–H and O–H groups in total. The molecule has 2 heterocycles. The molecule has 0 bridgehead atoms. The quantitative estimate of drug-likeness (QED) is 0.922. The van der Waals surface area contributed by atoms with Gasteiger partial charge in [-0.05, 0) is 23.8 Å². The first kappa shape index (κ1) is 18.3. The summed E-state index contributed by atoms with van der Waals surface area (Å²) in [6, 6.07) is 7.16. The number of piperazine rings is 1. The van der Waals surface area contributed by atoms with Gasteiger partial charge < -0.3 is 10.2 Å². The second kappa shape index (κ2) is 8.17. The van der Waals surface area contributed by atoms with Crippen molar-refractivity contribution in [1.82, 2.24) is 15.2 Å². The highest BCUT2D eigenvalue weighted by molar-refractivity contribution is 5.85. The van der Waals surface area contributed by atoms with Gasteiger partial charge in [0, 0.05) is 37.6 Å². The van der Waals surface area contributed by atoms with Crippen LogP contribution in [0.4, 0.5) is 8.78 Å². The number of benzene rings is 1. The fraction of sp³-hybridized carbons (Fsp3) is 0.294. The van der Waals surface area contributed by atoms with E-state index in [9.17, 15) is 13.6 Å². The summed E-state index contributed by atoms with van der Waals surface area (Å²) in [5, 5.41) is 3.23. The Kier molecular flexibility index (Phi) is 6.23. The fourth-order valence-corrected chi connectivity index (χ4v) is 2.83. The first-order chi connectivity index (χ1) is 11.2. The van der Waals surface area contributed by atoms with Crippen LogP contribution in [0, 0.1) is 11.6 Å². The Bertz CT molecular complexity index is 679. The first-order valence-corrected chi connectivity index (χ1v) is 7.50. The Balaban J connectivity index is 0.00000208. The zero-order valence-electron chi connectivity index (χ0n) is 12.9. The largest absolute Gasteiger partial charge is 0.333 e. The molecule has 1 aromatic heterocycles. The SMILES string of the molecule is Cl.O=C(Cc1c(F)cccc1F)N1CCNCC1c1cccnc1. The smallest absolute Gasteiger partial charge is 0.227 e. The van der Waals surface area contributed by atoms with Gasteiger partial charge in [-0.3, -0.25) is 9.78 Å². The zero-order valence-corrected chi connectivity index (χ0v) is 13.7. The summed E-state index contributed by atoms with van der Waals surface area (Å²) in [7, 11) is 0. The minimum absolute atomic E-state index is 0. The molecule has 1 saturated heterocycles. The van der Waals surface area contributed by atoms with E-state index in [1.165, 1.54) is 18.2 Å². The molecule has 1 unspecified atom stereocenters. The lowest BCUT2D eigenvalue weighted by Crippen LogP contribution is -2.49. The summed E-state index contributed by atoms with van der Waals surface area (Å²) in [5.74, 6) is -1.66. The number of nitrogens with zero attached hydrogens (tertiary/aromatic N) is 2. The van der Waals surface area contributed by atoms with E-state index >= 15 is 0 Å². The van der Waals surface area contributed by atoms with Gasteiger partial charge in [0.15, 0.2) is 0 Å². The third kappa shape index (κ3) is 3.88. The van der Waals surface area contributed by atoms with Crippen molar-refractivity contribution in [2.75, 3.05) is 19.6 Å². The zero-order chi connectivity index (χ0) is 16.2. The number of aromatic nitrogens is 1. The molecule has 24 heavy (non-hydrogen) atoms. The summed E-state index contributed by atoms with van der Waals surface area (Å²) < 4.78 is 27.5. The molecule has 0 spiro atoms. The first-order valence-electron chi connectivity index (χ1n) is 7.50. The van der Waals surface area contributed by atoms with Crippen molar-refractivity contribution in [3.05, 3.63) is 65.5 Å². The molecule has 1 aliphatic heterocycles. The Morgan fingerprint density at radius 3 is 2.67 bits per heavy atom. The highest BCUT2D eigenvalue weighted by Gasteiger charge is 2.29. The van der Waals surface area contributed by atoms with Crippen molar-refractivity contribution in [1.29, 1.82) is 0 Å². The number of nitrogens with one attached hydrogen (secondary N) is 1. The van der Waals surface area contributed by atoms with Gasteiger partial charge in [-0.1, -0.05) is 12.1 Å². The minimum Gasteiger partial charge on any atom is -0.333 e. The van der Waals surface area contributed by atoms with Crippen LogP contribution in [0.1, 0.15) is 17.2 Å². The van der Waals surface area contributed by atoms with Gasteiger partial charge in [0.05, 0.1) is 12.5 Å². The second-order valence-corrected chi connectivity index (χ2v) is 5.47. The highest BCUT2D eigenvalue weighted by atomic mass is 35.5. The molecule has 1 fully saturated rings. The maximum atomic E-state index is 13.8. The van der Waals surface area contributed by atoms with Crippen LogP contribution >= 0.6 is 12.4 Å². The maximum Gasteiger partial charge on any atom is 0.227 e. The van der Waals surface area contributed by atoms with Crippen LogP contribution in [0.5, 0.6) is 0 Å². The van der Waals surface area contributed by atoms with E-state index in [4.69, 9.17) is 0 Å². The maximum absolute atomic E-state index is 13.8. The molecule has 2 aromatic rings. The molecule has 1 atom stereocenters. The predicted molar refractivity (Wildman–Crippen MR) is 88.9 cm³/mol. The average Bonchev–Trinajstić information content (AvgIpc) is 2.59. The van der Waals surface area contributed by atoms with Gasteiger partial charge in [0.1, 0.15) is 11.6 Å². The van der Waals surface area contributed by atoms with Crippen molar-refractivity contribution < 1.29 is 13.6 Å². The molecule has 1 aromatic carbocycles. The van der Waals surface area contributed by atoms with E-state index in [0.29, 0.717) is 19.6 Å². The lowest BCUT2D eigenvalue weighted by molar-refractivity contribution is -0.133. The Labute approximate surface area is 145 Å². The number of amides is 1. The van der Waals surface area contributed by atoms with Gasteiger partial charge in [-0.2, -0.15) is 0 Å². The van der Waals surface area contributed by atoms with Gasteiger partial charge in [0.25, 0.3) is 0 Å². The van der Waals surface area contributed by atoms with Crippen LogP contribution in [0.2, 0.25) is 0 Å². The number of hydrogen-bond acceptors (Lipinski definition) is 3. The van der Waals surface area contributed by atoms with Gasteiger partial charge in [-0.15, -0.1) is 12.4 Å². The van der Waals surface area contributed by atoms with Crippen molar-refractivity contribution >= 4 is 18.3 Å². The van der Waals surface area contributed by atoms with Crippen molar-refractivity contribution in [3.63, 3.8) is 0 Å². The van der Waals surface area contributed by atoms with E-state index < -0.39 is 11.6 Å². The normalized spacial score (nSPS) is 17.2. The van der Waals surface area contributed by atoms with E-state index in [0.717, 1.165) is 5.56 Å². The van der Waals surface area contributed by atoms with Crippen LogP contribution in [-0.2, 0) is 11.2 Å². The molecule has 7 heteroatoms. The summed E-state index contributed by atoms with van der Waals surface area (Å²) in [6.45, 7) is 1.74. The topological polar surface area (TPSA) is 45.2 Å². The van der Waals surface area contributed by atoms with Crippen LogP contribution in [-0.4, -0.2) is 35.4 Å². The third-order valence-electron chi connectivity index (χ3n) is 4.02. The molecule has 128 valence electrons. The van der Waals surface area contributed by atoms with Crippen LogP contribution < -0.4 is 5.32 Å². The Hall–Kier alpha value is -2.05. The number of halogens is 3. The Morgan fingerprint density at radius 1 is 1.25 bits per heavy atom. The number of hydrogen-bond donors (Lipinski definition) is 1. The number of carbonyl (C=O) groups excluding carboxylic acids is 1. The van der Waals surface area contributed by atoms with Crippen LogP contribution in [0.3, 0.4) is 0 Å². The molecule has 4 nitrogen and oxygen atoms in total. The monoisotopic (exact) mass is 353 g/mol. The molecule has 1 amide bonds. The van der Waals surface area contributed by atoms with Crippen LogP contribution in [0.25, 0.3) is 0 Å². The number of carbonyl (C=O) groups is 1. The lowest BCUT2D eigenvalue weighted by atomic mass is 10.0. The van der Waals surface area contributed by atoms with Crippen molar-refractivity contribution in [2.24, 2.45) is 0 Å². The molecular weight excluding hydrogens is 336 g/mol. The van der Waals surface area contributed by atoms with Gasteiger partial charge >= 0.3 is 0 Å². The number of rotatable bonds is 3. The molecule has 3 rings (SSSR count).